The van der Waals surface area contributed by atoms with E-state index in [9.17, 15) is 4.79 Å². The maximum Gasteiger partial charge on any atom is 0.338 e. The number of carbonyl (C=O) groups excluding carboxylic acids is 1. The molecule has 0 aliphatic heterocycles. The first-order valence-corrected chi connectivity index (χ1v) is 5.58. The molecule has 0 unspecified atom stereocenters. The molecule has 0 aliphatic carbocycles. The third kappa shape index (κ3) is 1.72. The molecule has 0 aliphatic rings. The highest BCUT2D eigenvalue weighted by Crippen LogP contribution is 2.30. The fourth-order valence-corrected chi connectivity index (χ4v) is 3.24. The summed E-state index contributed by atoms with van der Waals surface area (Å²) in [5.74, 6) is 0. The van der Waals surface area contributed by atoms with Gasteiger partial charge < -0.3 is 5.73 Å². The first-order valence-electron chi connectivity index (χ1n) is 3.88. The second kappa shape index (κ2) is 3.56. The third-order valence-corrected chi connectivity index (χ3v) is 3.83. The highest BCUT2D eigenvalue weighted by atomic mass is 32.1. The van der Waals surface area contributed by atoms with Crippen molar-refractivity contribution in [3.05, 3.63) is 22.4 Å². The van der Waals surface area contributed by atoms with Crippen molar-refractivity contribution < 1.29 is 10.0 Å². The Bertz CT molecular complexity index is 434. The Morgan fingerprint density at radius 2 is 2.36 bits per heavy atom. The number of fused-ring (bicyclic) bond motifs is 1. The standard InChI is InChI=1S/C8H8N2O2S2/c9-8(11)10(12)4-5-3-7-6(14-5)1-2-13-7/h1-3,12H,4H2,(H2,9,11). The van der Waals surface area contributed by atoms with Gasteiger partial charge in [0, 0.05) is 14.3 Å². The SMILES string of the molecule is NC(=O)N(O)Cc1cc2sccc2s1. The lowest BCUT2D eigenvalue weighted by molar-refractivity contribution is -0.0462. The van der Waals surface area contributed by atoms with Gasteiger partial charge in [-0.05, 0) is 17.5 Å². The molecular formula is C8H8N2O2S2. The van der Waals surface area contributed by atoms with E-state index < -0.39 is 6.03 Å². The average molecular weight is 228 g/mol. The van der Waals surface area contributed by atoms with Crippen LogP contribution < -0.4 is 5.73 Å². The van der Waals surface area contributed by atoms with E-state index in [4.69, 9.17) is 10.9 Å². The lowest BCUT2D eigenvalue weighted by Gasteiger charge is -2.09. The summed E-state index contributed by atoms with van der Waals surface area (Å²) in [4.78, 5) is 11.5. The Morgan fingerprint density at radius 1 is 1.57 bits per heavy atom. The maximum atomic E-state index is 10.6. The number of thiophene rings is 2. The number of urea groups is 1. The summed E-state index contributed by atoms with van der Waals surface area (Å²) >= 11 is 3.19. The van der Waals surface area contributed by atoms with E-state index in [1.165, 1.54) is 9.40 Å². The number of carbonyl (C=O) groups is 1. The fourth-order valence-electron chi connectivity index (χ4n) is 1.12. The molecular weight excluding hydrogens is 220 g/mol. The molecule has 0 aromatic carbocycles. The Balaban J connectivity index is 2.19. The summed E-state index contributed by atoms with van der Waals surface area (Å²) in [7, 11) is 0. The van der Waals surface area contributed by atoms with Crippen LogP contribution in [0.1, 0.15) is 4.88 Å². The minimum Gasteiger partial charge on any atom is -0.350 e. The minimum absolute atomic E-state index is 0.154. The molecule has 3 N–H and O–H groups in total. The number of amides is 2. The van der Waals surface area contributed by atoms with Crippen molar-refractivity contribution in [2.45, 2.75) is 6.54 Å². The summed E-state index contributed by atoms with van der Waals surface area (Å²) in [6, 6.07) is 3.14. The summed E-state index contributed by atoms with van der Waals surface area (Å²) < 4.78 is 2.34. The van der Waals surface area contributed by atoms with Crippen LogP contribution in [0.15, 0.2) is 17.5 Å². The third-order valence-electron chi connectivity index (χ3n) is 1.75. The van der Waals surface area contributed by atoms with E-state index in [2.05, 4.69) is 0 Å². The molecule has 2 amide bonds. The van der Waals surface area contributed by atoms with Gasteiger partial charge in [-0.25, -0.2) is 9.86 Å². The summed E-state index contributed by atoms with van der Waals surface area (Å²) in [6.45, 7) is 0.154. The van der Waals surface area contributed by atoms with Crippen molar-refractivity contribution in [1.82, 2.24) is 5.06 Å². The Morgan fingerprint density at radius 3 is 3.00 bits per heavy atom. The van der Waals surface area contributed by atoms with E-state index in [1.807, 2.05) is 17.5 Å². The second-order valence-corrected chi connectivity index (χ2v) is 4.87. The summed E-state index contributed by atoms with van der Waals surface area (Å²) in [5.41, 5.74) is 4.90. The van der Waals surface area contributed by atoms with E-state index in [0.717, 1.165) is 4.88 Å². The topological polar surface area (TPSA) is 66.6 Å². The normalized spacial score (nSPS) is 10.6. The zero-order valence-corrected chi connectivity index (χ0v) is 8.77. The molecule has 0 atom stereocenters. The van der Waals surface area contributed by atoms with E-state index in [-0.39, 0.29) is 6.54 Å². The van der Waals surface area contributed by atoms with Crippen LogP contribution in [0.25, 0.3) is 9.40 Å². The van der Waals surface area contributed by atoms with Crippen LogP contribution in [0, 0.1) is 0 Å². The van der Waals surface area contributed by atoms with Crippen LogP contribution in [-0.2, 0) is 6.54 Å². The lowest BCUT2D eigenvalue weighted by atomic mass is 10.4. The number of hydroxylamine groups is 2. The molecule has 6 heteroatoms. The van der Waals surface area contributed by atoms with Gasteiger partial charge in [0.2, 0.25) is 0 Å². The highest BCUT2D eigenvalue weighted by Gasteiger charge is 2.09. The minimum atomic E-state index is -0.832. The van der Waals surface area contributed by atoms with Crippen molar-refractivity contribution in [2.75, 3.05) is 0 Å². The van der Waals surface area contributed by atoms with Gasteiger partial charge >= 0.3 is 6.03 Å². The van der Waals surface area contributed by atoms with Crippen LogP contribution in [-0.4, -0.2) is 16.3 Å². The molecule has 2 heterocycles. The molecule has 4 nitrogen and oxygen atoms in total. The average Bonchev–Trinajstić information content (AvgIpc) is 2.63. The van der Waals surface area contributed by atoms with Gasteiger partial charge in [0.25, 0.3) is 0 Å². The number of nitrogens with two attached hydrogens (primary N) is 1. The van der Waals surface area contributed by atoms with Crippen LogP contribution in [0.2, 0.25) is 0 Å². The molecule has 0 radical (unpaired) electrons. The Labute approximate surface area is 88.1 Å². The lowest BCUT2D eigenvalue weighted by Crippen LogP contribution is -2.31. The zero-order valence-electron chi connectivity index (χ0n) is 7.14. The van der Waals surface area contributed by atoms with Crippen LogP contribution in [0.4, 0.5) is 4.79 Å². The molecule has 0 saturated heterocycles. The molecule has 74 valence electrons. The molecule has 0 fully saturated rings. The first-order chi connectivity index (χ1) is 6.66. The van der Waals surface area contributed by atoms with Crippen molar-refractivity contribution in [3.63, 3.8) is 0 Å². The van der Waals surface area contributed by atoms with Gasteiger partial charge in [0.05, 0.1) is 6.54 Å². The predicted octanol–water partition coefficient (Wildman–Crippen LogP) is 2.23. The largest absolute Gasteiger partial charge is 0.350 e. The van der Waals surface area contributed by atoms with Gasteiger partial charge in [-0.3, -0.25) is 5.21 Å². The molecule has 2 rings (SSSR count). The first kappa shape index (κ1) is 9.45. The second-order valence-electron chi connectivity index (χ2n) is 2.76. The van der Waals surface area contributed by atoms with Gasteiger partial charge in [-0.1, -0.05) is 0 Å². The smallest absolute Gasteiger partial charge is 0.338 e. The number of hydrogen-bond acceptors (Lipinski definition) is 4. The molecule has 0 spiro atoms. The molecule has 0 saturated carbocycles. The van der Waals surface area contributed by atoms with Gasteiger partial charge in [-0.15, -0.1) is 22.7 Å². The predicted molar refractivity (Wildman–Crippen MR) is 56.6 cm³/mol. The van der Waals surface area contributed by atoms with Crippen molar-refractivity contribution in [1.29, 1.82) is 0 Å². The van der Waals surface area contributed by atoms with E-state index >= 15 is 0 Å². The van der Waals surface area contributed by atoms with Crippen molar-refractivity contribution in [3.8, 4) is 0 Å². The summed E-state index contributed by atoms with van der Waals surface area (Å²) in [6.07, 6.45) is 0. The van der Waals surface area contributed by atoms with Crippen LogP contribution in [0.3, 0.4) is 0 Å². The van der Waals surface area contributed by atoms with E-state index in [1.54, 1.807) is 22.7 Å². The van der Waals surface area contributed by atoms with Crippen molar-refractivity contribution in [2.24, 2.45) is 5.73 Å². The fraction of sp³-hybridized carbons (Fsp3) is 0.125. The van der Waals surface area contributed by atoms with Gasteiger partial charge in [-0.2, -0.15) is 0 Å². The molecule has 14 heavy (non-hydrogen) atoms. The number of primary amides is 1. The van der Waals surface area contributed by atoms with Crippen LogP contribution in [0.5, 0.6) is 0 Å². The Hall–Kier alpha value is -1.11. The van der Waals surface area contributed by atoms with E-state index in [0.29, 0.717) is 5.06 Å². The quantitative estimate of drug-likeness (QED) is 0.611. The van der Waals surface area contributed by atoms with Crippen LogP contribution >= 0.6 is 22.7 Å². The summed E-state index contributed by atoms with van der Waals surface area (Å²) in [5, 5.41) is 11.6. The number of hydrogen-bond donors (Lipinski definition) is 2. The van der Waals surface area contributed by atoms with Gasteiger partial charge in [0.15, 0.2) is 0 Å². The highest BCUT2D eigenvalue weighted by molar-refractivity contribution is 7.26. The molecule has 2 aromatic rings. The van der Waals surface area contributed by atoms with Crippen molar-refractivity contribution >= 4 is 38.1 Å². The Kier molecular flexibility index (Phi) is 2.40. The number of rotatable bonds is 2. The monoisotopic (exact) mass is 228 g/mol. The zero-order chi connectivity index (χ0) is 10.1. The van der Waals surface area contributed by atoms with Gasteiger partial charge in [0.1, 0.15) is 0 Å². The number of nitrogens with zero attached hydrogens (tertiary/aromatic N) is 1. The maximum absolute atomic E-state index is 10.6. The molecule has 2 aromatic heterocycles. The molecule has 0 bridgehead atoms.